The molecular weight excluding hydrogens is 976 g/mol. The molecule has 0 amide bonds. The molecule has 11 atom stereocenters. The van der Waals surface area contributed by atoms with Crippen LogP contribution in [0.2, 0.25) is 0 Å². The molecule has 410 valence electrons. The quantitative estimate of drug-likeness (QED) is 0.0379. The summed E-state index contributed by atoms with van der Waals surface area (Å²) >= 11 is 0. The lowest BCUT2D eigenvalue weighted by molar-refractivity contribution is -0.146. The number of hydrogen-bond donors (Lipinski definition) is 0. The predicted molar refractivity (Wildman–Crippen MR) is 289 cm³/mol. The van der Waals surface area contributed by atoms with Gasteiger partial charge in [-0.25, -0.2) is 28.8 Å². The van der Waals surface area contributed by atoms with E-state index in [9.17, 15) is 28.8 Å². The maximum atomic E-state index is 12.5. The van der Waals surface area contributed by atoms with Gasteiger partial charge in [-0.2, -0.15) is 0 Å². The van der Waals surface area contributed by atoms with Crippen LogP contribution in [-0.2, 0) is 82.9 Å². The molecule has 0 bridgehead atoms. The minimum atomic E-state index is -0.486. The molecule has 5 aliphatic rings. The van der Waals surface area contributed by atoms with Crippen LogP contribution in [0.4, 0.5) is 0 Å². The lowest BCUT2D eigenvalue weighted by Gasteiger charge is -2.33. The third-order valence-corrected chi connectivity index (χ3v) is 15.5. The zero-order chi connectivity index (χ0) is 54.3. The summed E-state index contributed by atoms with van der Waals surface area (Å²) in [5.74, 6) is 2.26. The first-order valence-corrected chi connectivity index (χ1v) is 27.6. The normalized spacial score (nSPS) is 24.8. The Morgan fingerprint density at radius 2 is 1.24 bits per heavy atom. The van der Waals surface area contributed by atoms with E-state index in [1.54, 1.807) is 5.82 Å². The summed E-state index contributed by atoms with van der Waals surface area (Å²) in [6.45, 7) is 14.5. The molecule has 0 N–H and O–H groups in total. The number of benzene rings is 2. The Morgan fingerprint density at radius 3 is 1.81 bits per heavy atom. The monoisotopic (exact) mass is 1060 g/mol. The number of cyclic esters (lactones) is 1. The number of carbonyl (C=O) groups is 6. The average molecular weight is 1060 g/mol. The zero-order valence-corrected chi connectivity index (χ0v) is 45.8. The van der Waals surface area contributed by atoms with E-state index in [4.69, 9.17) is 37.9 Å². The van der Waals surface area contributed by atoms with Crippen molar-refractivity contribution in [2.45, 2.75) is 154 Å². The van der Waals surface area contributed by atoms with E-state index < -0.39 is 35.8 Å². The number of unbranched alkanes of at least 4 members (excludes halogenated alkanes) is 4. The molecule has 0 spiro atoms. The highest BCUT2D eigenvalue weighted by Crippen LogP contribution is 2.51. The minimum absolute atomic E-state index is 0.117. The van der Waals surface area contributed by atoms with Crippen molar-refractivity contribution in [2.75, 3.05) is 27.4 Å². The van der Waals surface area contributed by atoms with Crippen LogP contribution in [0.5, 0.6) is 11.5 Å². The van der Waals surface area contributed by atoms with E-state index in [0.717, 1.165) is 126 Å². The molecule has 0 saturated heterocycles. The fourth-order valence-electron chi connectivity index (χ4n) is 11.9. The second kappa shape index (κ2) is 31.3. The van der Waals surface area contributed by atoms with Crippen LogP contribution < -0.4 is 9.47 Å². The van der Waals surface area contributed by atoms with Gasteiger partial charge in [-0.1, -0.05) is 89.4 Å². The largest absolute Gasteiger partial charge is 0.482 e. The van der Waals surface area contributed by atoms with E-state index in [1.807, 2.05) is 24.3 Å². The van der Waals surface area contributed by atoms with Crippen LogP contribution >= 0.6 is 9.24 Å². The van der Waals surface area contributed by atoms with Gasteiger partial charge in [0.2, 0.25) is 0 Å². The molecule has 7 rings (SSSR count). The van der Waals surface area contributed by atoms with Crippen LogP contribution in [0.1, 0.15) is 126 Å². The molecule has 0 aromatic heterocycles. The molecule has 2 unspecified atom stereocenters. The summed E-state index contributed by atoms with van der Waals surface area (Å²) in [7, 11) is 5.03. The lowest BCUT2D eigenvalue weighted by Crippen LogP contribution is -2.30. The number of rotatable bonds is 21. The summed E-state index contributed by atoms with van der Waals surface area (Å²) in [4.78, 5) is 72.0. The molecule has 1 heterocycles. The van der Waals surface area contributed by atoms with Crippen LogP contribution in [0, 0.1) is 35.5 Å². The Morgan fingerprint density at radius 1 is 0.680 bits per heavy atom. The van der Waals surface area contributed by atoms with Gasteiger partial charge in [0.05, 0.1) is 14.2 Å². The molecule has 2 fully saturated rings. The van der Waals surface area contributed by atoms with Gasteiger partial charge in [-0.3, -0.25) is 0 Å². The molecule has 4 aliphatic carbocycles. The number of methoxy groups -OCH3 is 2. The number of esters is 6. The maximum Gasteiger partial charge on any atom is 0.343 e. The molecule has 15 heteroatoms. The van der Waals surface area contributed by atoms with Gasteiger partial charge in [-0.05, 0) is 160 Å². The Kier molecular flexibility index (Phi) is 25.1. The third-order valence-electron chi connectivity index (χ3n) is 15.5. The first-order chi connectivity index (χ1) is 36.3. The van der Waals surface area contributed by atoms with Crippen molar-refractivity contribution in [1.82, 2.24) is 0 Å². The molecule has 2 aromatic rings. The van der Waals surface area contributed by atoms with E-state index in [1.165, 1.54) is 49.7 Å². The first-order valence-electron chi connectivity index (χ1n) is 27.0. The SMILES string of the molecule is C=CC(=O)O[C@H](CCCCC)CCC1[C@H]2Cc3cccc(OCC(=O)OC)c3C[C@H]2C[C@H]1OC(=O)C=C.C=CP.CCCCC[C@H]1CC[C@@H]2[C@H]3Cc4cccc(OCC(=O)OC)c4C[C@H]3C[C@H]2OC(=O)/C=C\C(=O)O1. The third kappa shape index (κ3) is 17.9. The van der Waals surface area contributed by atoms with Gasteiger partial charge >= 0.3 is 35.8 Å². The first kappa shape index (κ1) is 60.1. The van der Waals surface area contributed by atoms with Crippen molar-refractivity contribution in [3.8, 4) is 11.5 Å². The fourth-order valence-corrected chi connectivity index (χ4v) is 11.9. The van der Waals surface area contributed by atoms with Crippen molar-refractivity contribution < 1.29 is 66.7 Å². The smallest absolute Gasteiger partial charge is 0.343 e. The fraction of sp³-hybridized carbons (Fsp3) is 0.567. The number of hydrogen-bond acceptors (Lipinski definition) is 14. The van der Waals surface area contributed by atoms with Crippen LogP contribution in [0.3, 0.4) is 0 Å². The van der Waals surface area contributed by atoms with Crippen LogP contribution in [-0.4, -0.2) is 87.7 Å². The molecule has 2 saturated carbocycles. The Bertz CT molecular complexity index is 2290. The topological polar surface area (TPSA) is 176 Å². The van der Waals surface area contributed by atoms with E-state index in [2.05, 4.69) is 55.0 Å². The summed E-state index contributed by atoms with van der Waals surface area (Å²) in [5.41, 5.74) is 4.66. The second-order valence-corrected chi connectivity index (χ2v) is 20.6. The Balaban J connectivity index is 0.000000264. The number of ether oxygens (including phenoxy) is 8. The molecule has 0 radical (unpaired) electrons. The van der Waals surface area contributed by atoms with E-state index in [-0.39, 0.29) is 49.5 Å². The second-order valence-electron chi connectivity index (χ2n) is 20.2. The summed E-state index contributed by atoms with van der Waals surface area (Å²) in [6.07, 6.45) is 20.2. The van der Waals surface area contributed by atoms with Crippen molar-refractivity contribution in [1.29, 1.82) is 0 Å². The van der Waals surface area contributed by atoms with Gasteiger partial charge in [-0.15, -0.1) is 9.24 Å². The van der Waals surface area contributed by atoms with Crippen molar-refractivity contribution in [3.05, 3.63) is 109 Å². The molecular formula is C60H81O14P. The van der Waals surface area contributed by atoms with Gasteiger partial charge in [0.15, 0.2) is 13.2 Å². The Hall–Kier alpha value is -5.75. The van der Waals surface area contributed by atoms with Crippen LogP contribution in [0.25, 0.3) is 0 Å². The van der Waals surface area contributed by atoms with Gasteiger partial charge in [0.25, 0.3) is 0 Å². The van der Waals surface area contributed by atoms with E-state index in [0.29, 0.717) is 35.8 Å². The molecule has 1 aliphatic heterocycles. The van der Waals surface area contributed by atoms with Gasteiger partial charge < -0.3 is 37.9 Å². The highest BCUT2D eigenvalue weighted by Gasteiger charge is 2.49. The van der Waals surface area contributed by atoms with Crippen molar-refractivity contribution in [3.63, 3.8) is 0 Å². The molecule has 75 heavy (non-hydrogen) atoms. The highest BCUT2D eigenvalue weighted by atomic mass is 31.0. The standard InChI is InChI=1S/C30H40O7.C28H36O7.C2H5P/c1-5-8-9-12-22(36-28(31)6-2)14-15-23-24-16-20-11-10-13-26(35-19-30(33)34-4)25(20)17-21(24)18-27(23)37-29(32)7-3;1-3-4-5-8-20-10-11-21-22-14-18-7-6-9-24(33-17-28(31)32-2)23(18)15-19(22)16-25(21)35-27(30)13-12-26(29)34-20;1-2-3/h6-7,10-11,13,21-24,27H,2-3,5,8-9,12,14-19H2,1,4H3;6-7,9,12-13,19-22,25H,3-5,8,10-11,14-17H2,1-2H3;2H,1,3H2/b;13-12-;/t21-,22+,23?,24-,27+;19-,20-,21+,22-,25+;/m00./s1. The lowest BCUT2D eigenvalue weighted by atomic mass is 9.73. The van der Waals surface area contributed by atoms with Crippen molar-refractivity contribution >= 4 is 45.1 Å². The molecule has 14 nitrogen and oxygen atoms in total. The van der Waals surface area contributed by atoms with Gasteiger partial charge in [0, 0.05) is 24.3 Å². The molecule has 2 aromatic carbocycles. The van der Waals surface area contributed by atoms with Crippen LogP contribution in [0.15, 0.2) is 86.3 Å². The maximum absolute atomic E-state index is 12.5. The summed E-state index contributed by atoms with van der Waals surface area (Å²) in [5, 5.41) is 0. The predicted octanol–water partition coefficient (Wildman–Crippen LogP) is 10.5. The minimum Gasteiger partial charge on any atom is -0.482 e. The highest BCUT2D eigenvalue weighted by molar-refractivity contribution is 7.20. The van der Waals surface area contributed by atoms with Gasteiger partial charge in [0.1, 0.15) is 35.9 Å². The summed E-state index contributed by atoms with van der Waals surface area (Å²) < 4.78 is 44.1. The average Bonchev–Trinajstić information content (AvgIpc) is 3.91. The number of carbonyl (C=O) groups excluding carboxylic acids is 6. The summed E-state index contributed by atoms with van der Waals surface area (Å²) in [6, 6.07) is 11.9. The number of fused-ring (bicyclic) bond motifs is 6. The Labute approximate surface area is 446 Å². The van der Waals surface area contributed by atoms with Crippen molar-refractivity contribution in [2.24, 2.45) is 35.5 Å². The zero-order valence-electron chi connectivity index (χ0n) is 44.7. The van der Waals surface area contributed by atoms with E-state index >= 15 is 0 Å².